The van der Waals surface area contributed by atoms with Crippen LogP contribution < -0.4 is 5.73 Å². The van der Waals surface area contributed by atoms with Crippen molar-refractivity contribution in [3.05, 3.63) is 29.6 Å². The first kappa shape index (κ1) is 12.7. The number of thioether (sulfide) groups is 1. The minimum Gasteiger partial charge on any atom is -0.323 e. The first-order valence-electron chi connectivity index (χ1n) is 5.38. The lowest BCUT2D eigenvalue weighted by atomic mass is 9.98. The highest BCUT2D eigenvalue weighted by molar-refractivity contribution is 8.00. The Morgan fingerprint density at radius 3 is 2.82 bits per heavy atom. The lowest BCUT2D eigenvalue weighted by molar-refractivity contribution is -0.138. The summed E-state index contributed by atoms with van der Waals surface area (Å²) in [5.74, 6) is 0.972. The zero-order valence-electron chi connectivity index (χ0n) is 9.07. The maximum Gasteiger partial charge on any atom is 0.416 e. The van der Waals surface area contributed by atoms with E-state index in [1.165, 1.54) is 6.20 Å². The molecule has 1 saturated heterocycles. The molecular formula is C11H13F3N2S. The first-order valence-corrected chi connectivity index (χ1v) is 6.43. The fourth-order valence-electron chi connectivity index (χ4n) is 2.02. The summed E-state index contributed by atoms with van der Waals surface area (Å²) >= 11 is 1.64. The number of nitrogens with zero attached hydrogens (tertiary/aromatic N) is 1. The molecule has 1 aromatic heterocycles. The third kappa shape index (κ3) is 2.74. The van der Waals surface area contributed by atoms with E-state index in [0.717, 1.165) is 30.9 Å². The monoisotopic (exact) mass is 262 g/mol. The van der Waals surface area contributed by atoms with Crippen molar-refractivity contribution in [1.82, 2.24) is 4.98 Å². The van der Waals surface area contributed by atoms with Gasteiger partial charge in [0.15, 0.2) is 0 Å². The van der Waals surface area contributed by atoms with Gasteiger partial charge in [-0.2, -0.15) is 24.9 Å². The van der Waals surface area contributed by atoms with Gasteiger partial charge in [0.2, 0.25) is 0 Å². The summed E-state index contributed by atoms with van der Waals surface area (Å²) < 4.78 is 38.4. The molecule has 2 unspecified atom stereocenters. The van der Waals surface area contributed by atoms with Gasteiger partial charge in [0.05, 0.1) is 5.56 Å². The molecule has 2 heterocycles. The van der Waals surface area contributed by atoms with Crippen molar-refractivity contribution < 1.29 is 13.2 Å². The van der Waals surface area contributed by atoms with E-state index in [1.807, 2.05) is 0 Å². The van der Waals surface area contributed by atoms with Crippen LogP contribution in [-0.4, -0.2) is 16.0 Å². The average Bonchev–Trinajstić information content (AvgIpc) is 2.80. The molecule has 0 amide bonds. The van der Waals surface area contributed by atoms with Crippen molar-refractivity contribution in [2.24, 2.45) is 5.73 Å². The number of hydrogen-bond acceptors (Lipinski definition) is 3. The van der Waals surface area contributed by atoms with Gasteiger partial charge in [0.25, 0.3) is 0 Å². The SMILES string of the molecule is NC(c1cnccc1C(F)(F)F)C1CCCS1. The number of halogens is 3. The van der Waals surface area contributed by atoms with Crippen molar-refractivity contribution in [2.75, 3.05) is 5.75 Å². The van der Waals surface area contributed by atoms with E-state index in [4.69, 9.17) is 5.73 Å². The highest BCUT2D eigenvalue weighted by Gasteiger charge is 2.36. The second-order valence-electron chi connectivity index (χ2n) is 4.04. The van der Waals surface area contributed by atoms with Crippen molar-refractivity contribution in [1.29, 1.82) is 0 Å². The van der Waals surface area contributed by atoms with Gasteiger partial charge in [0, 0.05) is 29.2 Å². The summed E-state index contributed by atoms with van der Waals surface area (Å²) in [7, 11) is 0. The molecule has 0 aliphatic carbocycles. The molecule has 94 valence electrons. The van der Waals surface area contributed by atoms with Gasteiger partial charge < -0.3 is 5.73 Å². The van der Waals surface area contributed by atoms with Crippen molar-refractivity contribution in [3.63, 3.8) is 0 Å². The molecule has 2 nitrogen and oxygen atoms in total. The van der Waals surface area contributed by atoms with Crippen molar-refractivity contribution >= 4 is 11.8 Å². The van der Waals surface area contributed by atoms with Crippen LogP contribution in [0.1, 0.15) is 30.0 Å². The van der Waals surface area contributed by atoms with Crippen molar-refractivity contribution in [3.8, 4) is 0 Å². The van der Waals surface area contributed by atoms with E-state index in [1.54, 1.807) is 11.8 Å². The molecule has 0 spiro atoms. The molecule has 2 N–H and O–H groups in total. The Kier molecular flexibility index (Phi) is 3.63. The largest absolute Gasteiger partial charge is 0.416 e. The minimum absolute atomic E-state index is 0.0697. The molecule has 0 aromatic carbocycles. The predicted octanol–water partition coefficient (Wildman–Crippen LogP) is 3.00. The van der Waals surface area contributed by atoms with E-state index in [-0.39, 0.29) is 10.8 Å². The highest BCUT2D eigenvalue weighted by Crippen LogP contribution is 2.39. The number of aromatic nitrogens is 1. The second-order valence-corrected chi connectivity index (χ2v) is 5.39. The average molecular weight is 262 g/mol. The highest BCUT2D eigenvalue weighted by atomic mass is 32.2. The summed E-state index contributed by atoms with van der Waals surface area (Å²) in [6.45, 7) is 0. The van der Waals surface area contributed by atoms with Crippen LogP contribution in [0.5, 0.6) is 0 Å². The number of pyridine rings is 1. The summed E-state index contributed by atoms with van der Waals surface area (Å²) in [5.41, 5.74) is 5.39. The maximum absolute atomic E-state index is 12.8. The molecule has 0 radical (unpaired) electrons. The summed E-state index contributed by atoms with van der Waals surface area (Å²) in [4.78, 5) is 3.76. The second kappa shape index (κ2) is 4.86. The van der Waals surface area contributed by atoms with Gasteiger partial charge in [0.1, 0.15) is 0 Å². The zero-order valence-corrected chi connectivity index (χ0v) is 9.89. The van der Waals surface area contributed by atoms with E-state index < -0.39 is 17.8 Å². The van der Waals surface area contributed by atoms with Crippen LogP contribution in [0.3, 0.4) is 0 Å². The molecule has 0 bridgehead atoms. The smallest absolute Gasteiger partial charge is 0.323 e. The quantitative estimate of drug-likeness (QED) is 0.890. The van der Waals surface area contributed by atoms with Gasteiger partial charge >= 0.3 is 6.18 Å². The van der Waals surface area contributed by atoms with Crippen LogP contribution >= 0.6 is 11.8 Å². The Hall–Kier alpha value is -0.750. The normalized spacial score (nSPS) is 22.7. The van der Waals surface area contributed by atoms with Crippen LogP contribution in [0.2, 0.25) is 0 Å². The van der Waals surface area contributed by atoms with Crippen LogP contribution in [0.4, 0.5) is 13.2 Å². The summed E-state index contributed by atoms with van der Waals surface area (Å²) in [5, 5.41) is 0.0697. The van der Waals surface area contributed by atoms with Gasteiger partial charge in [-0.05, 0) is 24.7 Å². The third-order valence-electron chi connectivity index (χ3n) is 2.88. The fourth-order valence-corrected chi connectivity index (χ4v) is 3.34. The van der Waals surface area contributed by atoms with Gasteiger partial charge in [-0.1, -0.05) is 0 Å². The standard InChI is InChI=1S/C11H13F3N2S/c12-11(13,14)8-3-4-16-6-7(8)10(15)9-2-1-5-17-9/h3-4,6,9-10H,1-2,5,15H2. The van der Waals surface area contributed by atoms with Crippen LogP contribution in [-0.2, 0) is 6.18 Å². The Labute approximate surface area is 102 Å². The molecule has 6 heteroatoms. The molecule has 0 saturated carbocycles. The third-order valence-corrected chi connectivity index (χ3v) is 4.36. The number of hydrogen-bond donors (Lipinski definition) is 1. The van der Waals surface area contributed by atoms with Crippen LogP contribution in [0, 0.1) is 0 Å². The summed E-state index contributed by atoms with van der Waals surface area (Å²) in [6.07, 6.45) is -0.0744. The molecule has 17 heavy (non-hydrogen) atoms. The molecule has 1 aromatic rings. The first-order chi connectivity index (χ1) is 8.00. The van der Waals surface area contributed by atoms with Gasteiger partial charge in [-0.25, -0.2) is 0 Å². The van der Waals surface area contributed by atoms with E-state index in [9.17, 15) is 13.2 Å². The molecule has 1 aliphatic rings. The fraction of sp³-hybridized carbons (Fsp3) is 0.545. The minimum atomic E-state index is -4.36. The topological polar surface area (TPSA) is 38.9 Å². The zero-order chi connectivity index (χ0) is 12.5. The van der Waals surface area contributed by atoms with E-state index in [0.29, 0.717) is 0 Å². The molecule has 2 rings (SSSR count). The Morgan fingerprint density at radius 1 is 1.47 bits per heavy atom. The Balaban J connectivity index is 2.31. The molecule has 1 fully saturated rings. The Bertz CT molecular complexity index is 389. The molecule has 1 aliphatic heterocycles. The summed E-state index contributed by atoms with van der Waals surface area (Å²) in [6, 6.07) is 0.405. The van der Waals surface area contributed by atoms with Crippen LogP contribution in [0.15, 0.2) is 18.5 Å². The lowest BCUT2D eigenvalue weighted by Crippen LogP contribution is -2.25. The lowest BCUT2D eigenvalue weighted by Gasteiger charge is -2.22. The number of alkyl halides is 3. The predicted molar refractivity (Wildman–Crippen MR) is 61.6 cm³/mol. The van der Waals surface area contributed by atoms with Crippen LogP contribution in [0.25, 0.3) is 0 Å². The Morgan fingerprint density at radius 2 is 2.24 bits per heavy atom. The number of rotatable bonds is 2. The van der Waals surface area contributed by atoms with E-state index in [2.05, 4.69) is 4.98 Å². The van der Waals surface area contributed by atoms with Gasteiger partial charge in [-0.3, -0.25) is 4.98 Å². The van der Waals surface area contributed by atoms with Gasteiger partial charge in [-0.15, -0.1) is 0 Å². The molecule has 2 atom stereocenters. The molecular weight excluding hydrogens is 249 g/mol. The maximum atomic E-state index is 12.8. The van der Waals surface area contributed by atoms with Crippen molar-refractivity contribution in [2.45, 2.75) is 30.3 Å². The number of nitrogens with two attached hydrogens (primary N) is 1. The van der Waals surface area contributed by atoms with E-state index >= 15 is 0 Å².